The van der Waals surface area contributed by atoms with Gasteiger partial charge in [0.15, 0.2) is 0 Å². The Hall–Kier alpha value is -2.28. The largest absolute Gasteiger partial charge is 0.437 e. The number of carbonyl (C=O) groups excluding carboxylic acids is 2. The molecule has 1 aromatic carbocycles. The highest BCUT2D eigenvalue weighted by Crippen LogP contribution is 2.21. The van der Waals surface area contributed by atoms with Crippen molar-refractivity contribution in [2.45, 2.75) is 32.9 Å². The molecule has 0 unspecified atom stereocenters. The summed E-state index contributed by atoms with van der Waals surface area (Å²) in [7, 11) is 1.61. The molecule has 134 valence electrons. The molecule has 0 fully saturated rings. The Labute approximate surface area is 152 Å². The normalized spacial score (nSPS) is 10.6. The van der Waals surface area contributed by atoms with E-state index in [4.69, 9.17) is 4.42 Å². The molecule has 1 N–H and O–H groups in total. The number of oxazole rings is 1. The summed E-state index contributed by atoms with van der Waals surface area (Å²) in [5.41, 5.74) is 3.60. The molecule has 1 aromatic heterocycles. The number of anilines is 1. The SMILES string of the molecule is Cc1cccc(C)c1NC(=O)CN(C)C(=O)CSc1nc(C)c(C)o1. The summed E-state index contributed by atoms with van der Waals surface area (Å²) in [5.74, 6) is 0.541. The number of rotatable bonds is 6. The van der Waals surface area contributed by atoms with Gasteiger partial charge in [-0.05, 0) is 38.8 Å². The summed E-state index contributed by atoms with van der Waals surface area (Å²) in [6.45, 7) is 7.56. The van der Waals surface area contributed by atoms with Crippen molar-refractivity contribution < 1.29 is 14.0 Å². The molecular formula is C18H23N3O3S. The first-order valence-corrected chi connectivity index (χ1v) is 8.93. The number of benzene rings is 1. The Bertz CT molecular complexity index is 746. The molecule has 2 amide bonds. The molecular weight excluding hydrogens is 338 g/mol. The highest BCUT2D eigenvalue weighted by atomic mass is 32.2. The van der Waals surface area contributed by atoms with Crippen LogP contribution in [0.5, 0.6) is 0 Å². The van der Waals surface area contributed by atoms with E-state index < -0.39 is 0 Å². The average molecular weight is 361 g/mol. The van der Waals surface area contributed by atoms with Crippen LogP contribution in [0.2, 0.25) is 0 Å². The van der Waals surface area contributed by atoms with Gasteiger partial charge in [0, 0.05) is 12.7 Å². The lowest BCUT2D eigenvalue weighted by Crippen LogP contribution is -2.36. The molecule has 2 rings (SSSR count). The van der Waals surface area contributed by atoms with Gasteiger partial charge in [-0.3, -0.25) is 9.59 Å². The molecule has 0 spiro atoms. The van der Waals surface area contributed by atoms with Gasteiger partial charge in [0.1, 0.15) is 5.76 Å². The Morgan fingerprint density at radius 3 is 2.40 bits per heavy atom. The smallest absolute Gasteiger partial charge is 0.256 e. The van der Waals surface area contributed by atoms with Crippen molar-refractivity contribution in [1.29, 1.82) is 0 Å². The summed E-state index contributed by atoms with van der Waals surface area (Å²) in [6.07, 6.45) is 0. The topological polar surface area (TPSA) is 75.4 Å². The second-order valence-corrected chi connectivity index (χ2v) is 6.90. The van der Waals surface area contributed by atoms with E-state index in [1.807, 2.05) is 45.9 Å². The molecule has 25 heavy (non-hydrogen) atoms. The van der Waals surface area contributed by atoms with Crippen LogP contribution in [0.4, 0.5) is 5.69 Å². The Morgan fingerprint density at radius 2 is 1.84 bits per heavy atom. The summed E-state index contributed by atoms with van der Waals surface area (Å²) >= 11 is 1.23. The number of carbonyl (C=O) groups is 2. The van der Waals surface area contributed by atoms with Gasteiger partial charge in [0.25, 0.3) is 5.22 Å². The molecule has 1 heterocycles. The van der Waals surface area contributed by atoms with Gasteiger partial charge in [-0.1, -0.05) is 30.0 Å². The van der Waals surface area contributed by atoms with Crippen LogP contribution < -0.4 is 5.32 Å². The highest BCUT2D eigenvalue weighted by Gasteiger charge is 2.16. The quantitative estimate of drug-likeness (QED) is 0.800. The van der Waals surface area contributed by atoms with Crippen LogP contribution in [-0.2, 0) is 9.59 Å². The van der Waals surface area contributed by atoms with E-state index >= 15 is 0 Å². The Kier molecular flexibility index (Phi) is 6.25. The fraction of sp³-hybridized carbons (Fsp3) is 0.389. The summed E-state index contributed by atoms with van der Waals surface area (Å²) in [5, 5.41) is 3.35. The number of likely N-dealkylation sites (N-methyl/N-ethyl adjacent to an activating group) is 1. The predicted molar refractivity (Wildman–Crippen MR) is 98.9 cm³/mol. The molecule has 0 aliphatic heterocycles. The Balaban J connectivity index is 1.86. The third kappa shape index (κ3) is 5.09. The first-order valence-electron chi connectivity index (χ1n) is 7.94. The molecule has 7 heteroatoms. The molecule has 0 aliphatic rings. The van der Waals surface area contributed by atoms with E-state index in [-0.39, 0.29) is 24.1 Å². The summed E-state index contributed by atoms with van der Waals surface area (Å²) in [6, 6.07) is 5.82. The number of aryl methyl sites for hydroxylation is 4. The highest BCUT2D eigenvalue weighted by molar-refractivity contribution is 7.99. The van der Waals surface area contributed by atoms with Crippen LogP contribution in [0.15, 0.2) is 27.8 Å². The molecule has 0 atom stereocenters. The predicted octanol–water partition coefficient (Wildman–Crippen LogP) is 3.10. The van der Waals surface area contributed by atoms with E-state index in [0.29, 0.717) is 5.22 Å². The van der Waals surface area contributed by atoms with Crippen LogP contribution in [0.25, 0.3) is 0 Å². The molecule has 0 radical (unpaired) electrons. The number of thioether (sulfide) groups is 1. The second kappa shape index (κ2) is 8.20. The first kappa shape index (κ1) is 19.1. The minimum absolute atomic E-state index is 0.00317. The third-order valence-electron chi connectivity index (χ3n) is 3.88. The number of nitrogens with zero attached hydrogens (tertiary/aromatic N) is 2. The molecule has 0 aliphatic carbocycles. The molecule has 0 saturated carbocycles. The number of hydrogen-bond acceptors (Lipinski definition) is 5. The van der Waals surface area contributed by atoms with Crippen LogP contribution in [0.3, 0.4) is 0 Å². The minimum atomic E-state index is -0.221. The maximum absolute atomic E-state index is 12.2. The molecule has 0 bridgehead atoms. The summed E-state index contributed by atoms with van der Waals surface area (Å²) < 4.78 is 5.43. The maximum Gasteiger partial charge on any atom is 0.256 e. The lowest BCUT2D eigenvalue weighted by molar-refractivity contribution is -0.131. The van der Waals surface area contributed by atoms with Gasteiger partial charge < -0.3 is 14.6 Å². The van der Waals surface area contributed by atoms with E-state index in [1.54, 1.807) is 7.05 Å². The fourth-order valence-electron chi connectivity index (χ4n) is 2.23. The number of aromatic nitrogens is 1. The number of amides is 2. The average Bonchev–Trinajstić information content (AvgIpc) is 2.87. The van der Waals surface area contributed by atoms with Crippen molar-refractivity contribution in [3.63, 3.8) is 0 Å². The van der Waals surface area contributed by atoms with Crippen molar-refractivity contribution >= 4 is 29.3 Å². The van der Waals surface area contributed by atoms with Gasteiger partial charge in [-0.15, -0.1) is 0 Å². The summed E-state index contributed by atoms with van der Waals surface area (Å²) in [4.78, 5) is 30.0. The van der Waals surface area contributed by atoms with Crippen molar-refractivity contribution in [3.05, 3.63) is 40.8 Å². The fourth-order valence-corrected chi connectivity index (χ4v) is 3.09. The molecule has 6 nitrogen and oxygen atoms in total. The first-order chi connectivity index (χ1) is 11.8. The van der Waals surface area contributed by atoms with Gasteiger partial charge in [-0.2, -0.15) is 0 Å². The number of hydrogen-bond donors (Lipinski definition) is 1. The third-order valence-corrected chi connectivity index (χ3v) is 4.69. The van der Waals surface area contributed by atoms with Gasteiger partial charge in [0.05, 0.1) is 18.0 Å². The minimum Gasteiger partial charge on any atom is -0.437 e. The van der Waals surface area contributed by atoms with Crippen molar-refractivity contribution in [2.75, 3.05) is 24.7 Å². The van der Waals surface area contributed by atoms with E-state index in [1.165, 1.54) is 16.7 Å². The van der Waals surface area contributed by atoms with Crippen LogP contribution in [0, 0.1) is 27.7 Å². The van der Waals surface area contributed by atoms with Crippen LogP contribution >= 0.6 is 11.8 Å². The molecule has 2 aromatic rings. The second-order valence-electron chi connectivity index (χ2n) is 5.97. The van der Waals surface area contributed by atoms with E-state index in [9.17, 15) is 9.59 Å². The van der Waals surface area contributed by atoms with Gasteiger partial charge in [-0.25, -0.2) is 4.98 Å². The van der Waals surface area contributed by atoms with Crippen LogP contribution in [-0.4, -0.2) is 41.0 Å². The zero-order chi connectivity index (χ0) is 18.6. The van der Waals surface area contributed by atoms with Crippen LogP contribution in [0.1, 0.15) is 22.6 Å². The van der Waals surface area contributed by atoms with Crippen molar-refractivity contribution in [3.8, 4) is 0 Å². The van der Waals surface area contributed by atoms with E-state index in [2.05, 4.69) is 10.3 Å². The number of nitrogens with one attached hydrogen (secondary N) is 1. The van der Waals surface area contributed by atoms with Gasteiger partial charge >= 0.3 is 0 Å². The zero-order valence-corrected chi connectivity index (χ0v) is 16.0. The van der Waals surface area contributed by atoms with Gasteiger partial charge in [0.2, 0.25) is 11.8 Å². The van der Waals surface area contributed by atoms with Crippen molar-refractivity contribution in [2.24, 2.45) is 0 Å². The lowest BCUT2D eigenvalue weighted by atomic mass is 10.1. The number of para-hydroxylation sites is 1. The standard InChI is InChI=1S/C18H23N3O3S/c1-11-7-6-8-12(2)17(11)20-15(22)9-21(5)16(23)10-25-18-19-13(3)14(4)24-18/h6-8H,9-10H2,1-5H3,(H,20,22). The maximum atomic E-state index is 12.2. The van der Waals surface area contributed by atoms with E-state index in [0.717, 1.165) is 28.3 Å². The van der Waals surface area contributed by atoms with Crippen molar-refractivity contribution in [1.82, 2.24) is 9.88 Å². The molecule has 0 saturated heterocycles. The lowest BCUT2D eigenvalue weighted by Gasteiger charge is -2.17. The monoisotopic (exact) mass is 361 g/mol. The Morgan fingerprint density at radius 1 is 1.20 bits per heavy atom. The zero-order valence-electron chi connectivity index (χ0n) is 15.2.